The average molecular weight is 340 g/mol. The van der Waals surface area contributed by atoms with E-state index in [2.05, 4.69) is 15.5 Å². The van der Waals surface area contributed by atoms with Gasteiger partial charge in [-0.1, -0.05) is 0 Å². The van der Waals surface area contributed by atoms with Gasteiger partial charge in [0.1, 0.15) is 30.8 Å². The number of likely N-dealkylation sites (N-methyl/N-ethyl adjacent to an activating group) is 1. The summed E-state index contributed by atoms with van der Waals surface area (Å²) in [5.41, 5.74) is 0.812. The maximum absolute atomic E-state index is 14.3. The molecule has 1 atom stereocenters. The Balaban J connectivity index is 2.42. The summed E-state index contributed by atoms with van der Waals surface area (Å²) in [6.45, 7) is 1.15. The summed E-state index contributed by atoms with van der Waals surface area (Å²) in [5, 5.41) is 15.1. The Morgan fingerprint density at radius 2 is 2.12 bits per heavy atom. The van der Waals surface area contributed by atoms with Crippen LogP contribution in [0.4, 0.5) is 8.78 Å². The molecular weight excluding hydrogens is 320 g/mol. The quantitative estimate of drug-likeness (QED) is 0.595. The number of carbonyl (C=O) groups is 1. The molecule has 0 bridgehead atoms. The maximum atomic E-state index is 14.3. The zero-order chi connectivity index (χ0) is 18.0. The number of nitrogens with zero attached hydrogens (tertiary/aromatic N) is 4. The fourth-order valence-electron chi connectivity index (χ4n) is 2.79. The first kappa shape index (κ1) is 18.0. The van der Waals surface area contributed by atoms with E-state index in [1.165, 1.54) is 30.3 Å². The molecule has 0 aliphatic heterocycles. The standard InChI is InChI=1S/C15H19F2N5O2/c1-11(23)20-22(2,3)8-15(24,7-21-10-18-9-19-21)13-5-4-12(16)6-14(13)17/h4-6,9-10,24H,7-8H2,1-3H3/p+1. The largest absolute Gasteiger partial charge is 0.377 e. The summed E-state index contributed by atoms with van der Waals surface area (Å²) in [6, 6.07) is 2.97. The number of hydrogen-bond acceptors (Lipinski definition) is 4. The predicted molar refractivity (Wildman–Crippen MR) is 81.1 cm³/mol. The topological polar surface area (TPSA) is 80.0 Å². The Morgan fingerprint density at radius 1 is 1.42 bits per heavy atom. The van der Waals surface area contributed by atoms with Crippen molar-refractivity contribution in [3.05, 3.63) is 48.1 Å². The van der Waals surface area contributed by atoms with Gasteiger partial charge in [0, 0.05) is 18.6 Å². The first-order valence-corrected chi connectivity index (χ1v) is 7.23. The second-order valence-electron chi connectivity index (χ2n) is 6.26. The molecule has 9 heteroatoms. The van der Waals surface area contributed by atoms with Crippen LogP contribution in [0.25, 0.3) is 0 Å². The van der Waals surface area contributed by atoms with Crippen molar-refractivity contribution in [3.8, 4) is 0 Å². The Hall–Kier alpha value is -2.39. The third kappa shape index (κ3) is 4.33. The molecule has 0 radical (unpaired) electrons. The molecule has 0 saturated heterocycles. The highest BCUT2D eigenvalue weighted by atomic mass is 19.1. The number of rotatable bonds is 6. The maximum Gasteiger partial charge on any atom is 0.261 e. The highest BCUT2D eigenvalue weighted by molar-refractivity contribution is 5.71. The Labute approximate surface area is 138 Å². The van der Waals surface area contributed by atoms with Gasteiger partial charge in [0.15, 0.2) is 5.60 Å². The molecule has 130 valence electrons. The third-order valence-electron chi connectivity index (χ3n) is 3.44. The lowest BCUT2D eigenvalue weighted by molar-refractivity contribution is -0.932. The van der Waals surface area contributed by atoms with Crippen LogP contribution in [-0.2, 0) is 16.9 Å². The number of aliphatic hydroxyl groups is 1. The predicted octanol–water partition coefficient (Wildman–Crippen LogP) is 0.572. The molecule has 0 spiro atoms. The van der Waals surface area contributed by atoms with Crippen LogP contribution in [0.5, 0.6) is 0 Å². The van der Waals surface area contributed by atoms with E-state index in [0.29, 0.717) is 6.07 Å². The van der Waals surface area contributed by atoms with Gasteiger partial charge in [-0.2, -0.15) is 5.10 Å². The molecular formula is C15H20F2N5O2+. The van der Waals surface area contributed by atoms with Gasteiger partial charge in [0.2, 0.25) is 0 Å². The van der Waals surface area contributed by atoms with E-state index in [-0.39, 0.29) is 29.2 Å². The number of aromatic nitrogens is 3. The van der Waals surface area contributed by atoms with Gasteiger partial charge >= 0.3 is 0 Å². The van der Waals surface area contributed by atoms with E-state index < -0.39 is 17.2 Å². The number of halogens is 2. The van der Waals surface area contributed by atoms with Crippen molar-refractivity contribution < 1.29 is 23.3 Å². The lowest BCUT2D eigenvalue weighted by atomic mass is 9.92. The minimum atomic E-state index is -1.75. The number of nitrogens with one attached hydrogen (secondary N) is 1. The smallest absolute Gasteiger partial charge is 0.261 e. The molecule has 0 fully saturated rings. The van der Waals surface area contributed by atoms with E-state index in [0.717, 1.165) is 6.07 Å². The minimum Gasteiger partial charge on any atom is -0.377 e. The Morgan fingerprint density at radius 3 is 2.67 bits per heavy atom. The highest BCUT2D eigenvalue weighted by Crippen LogP contribution is 2.28. The molecule has 2 N–H and O–H groups in total. The van der Waals surface area contributed by atoms with Crippen LogP contribution in [0, 0.1) is 11.6 Å². The molecule has 1 amide bonds. The molecule has 0 aliphatic carbocycles. The van der Waals surface area contributed by atoms with Gasteiger partial charge in [0.05, 0.1) is 20.6 Å². The van der Waals surface area contributed by atoms with Crippen LogP contribution in [0.15, 0.2) is 30.9 Å². The number of amides is 1. The summed E-state index contributed by atoms with van der Waals surface area (Å²) < 4.78 is 28.7. The summed E-state index contributed by atoms with van der Waals surface area (Å²) in [7, 11) is 3.30. The Kier molecular flexibility index (Phi) is 4.95. The average Bonchev–Trinajstić information content (AvgIpc) is 2.88. The second kappa shape index (κ2) is 6.62. The van der Waals surface area contributed by atoms with Crippen LogP contribution >= 0.6 is 0 Å². The Bertz CT molecular complexity index is 721. The summed E-state index contributed by atoms with van der Waals surface area (Å²) >= 11 is 0. The van der Waals surface area contributed by atoms with E-state index in [1.807, 2.05) is 0 Å². The first-order valence-electron chi connectivity index (χ1n) is 7.23. The fourth-order valence-corrected chi connectivity index (χ4v) is 2.79. The lowest BCUT2D eigenvalue weighted by Crippen LogP contribution is -2.60. The van der Waals surface area contributed by atoms with Crippen molar-refractivity contribution in [2.75, 3.05) is 20.6 Å². The van der Waals surface area contributed by atoms with Gasteiger partial charge in [-0.25, -0.2) is 28.5 Å². The van der Waals surface area contributed by atoms with Crippen molar-refractivity contribution in [2.45, 2.75) is 19.1 Å². The van der Waals surface area contributed by atoms with Crippen molar-refractivity contribution >= 4 is 5.91 Å². The van der Waals surface area contributed by atoms with Crippen molar-refractivity contribution in [1.29, 1.82) is 0 Å². The molecule has 0 aliphatic rings. The molecule has 2 rings (SSSR count). The van der Waals surface area contributed by atoms with Gasteiger partial charge in [-0.05, 0) is 12.1 Å². The SMILES string of the molecule is CC(=O)N[N+](C)(C)CC(O)(Cn1cncn1)c1ccc(F)cc1F. The van der Waals surface area contributed by atoms with E-state index in [4.69, 9.17) is 0 Å². The molecule has 1 aromatic heterocycles. The number of hydrogen-bond donors (Lipinski definition) is 2. The van der Waals surface area contributed by atoms with Crippen LogP contribution in [0.1, 0.15) is 12.5 Å². The third-order valence-corrected chi connectivity index (χ3v) is 3.44. The van der Waals surface area contributed by atoms with Crippen molar-refractivity contribution in [1.82, 2.24) is 20.2 Å². The van der Waals surface area contributed by atoms with E-state index in [9.17, 15) is 18.7 Å². The molecule has 1 unspecified atom stereocenters. The number of benzene rings is 1. The fraction of sp³-hybridized carbons (Fsp3) is 0.400. The molecule has 1 heterocycles. The van der Waals surface area contributed by atoms with Crippen molar-refractivity contribution in [3.63, 3.8) is 0 Å². The summed E-state index contributed by atoms with van der Waals surface area (Å²) in [5.74, 6) is -1.92. The van der Waals surface area contributed by atoms with Gasteiger partial charge < -0.3 is 5.11 Å². The lowest BCUT2D eigenvalue weighted by Gasteiger charge is -2.37. The van der Waals surface area contributed by atoms with Crippen LogP contribution < -0.4 is 5.43 Å². The van der Waals surface area contributed by atoms with E-state index in [1.54, 1.807) is 14.1 Å². The van der Waals surface area contributed by atoms with E-state index >= 15 is 0 Å². The summed E-state index contributed by atoms with van der Waals surface area (Å²) in [4.78, 5) is 15.1. The highest BCUT2D eigenvalue weighted by Gasteiger charge is 2.41. The first-order chi connectivity index (χ1) is 11.1. The summed E-state index contributed by atoms with van der Waals surface area (Å²) in [6.07, 6.45) is 2.67. The number of quaternary nitrogens is 1. The zero-order valence-electron chi connectivity index (χ0n) is 13.7. The second-order valence-corrected chi connectivity index (χ2v) is 6.26. The zero-order valence-corrected chi connectivity index (χ0v) is 13.7. The molecule has 2 aromatic rings. The molecule has 0 saturated carbocycles. The normalized spacial score (nSPS) is 14.2. The van der Waals surface area contributed by atoms with Crippen molar-refractivity contribution in [2.24, 2.45) is 0 Å². The minimum absolute atomic E-state index is 0.0744. The van der Waals surface area contributed by atoms with Gasteiger partial charge in [-0.3, -0.25) is 4.79 Å². The molecule has 24 heavy (non-hydrogen) atoms. The van der Waals surface area contributed by atoms with Gasteiger partial charge in [-0.15, -0.1) is 0 Å². The van der Waals surface area contributed by atoms with Crippen LogP contribution in [-0.4, -0.2) is 51.0 Å². The molecule has 7 nitrogen and oxygen atoms in total. The van der Waals surface area contributed by atoms with Crippen LogP contribution in [0.2, 0.25) is 0 Å². The van der Waals surface area contributed by atoms with Crippen LogP contribution in [0.3, 0.4) is 0 Å². The van der Waals surface area contributed by atoms with Gasteiger partial charge in [0.25, 0.3) is 5.91 Å². The monoisotopic (exact) mass is 340 g/mol. The number of carbonyl (C=O) groups excluding carboxylic acids is 1. The molecule has 1 aromatic carbocycles.